The average Bonchev–Trinajstić information content (AvgIpc) is 2.89. The highest BCUT2D eigenvalue weighted by Crippen LogP contribution is 2.48. The van der Waals surface area contributed by atoms with E-state index >= 15 is 0 Å². The van der Waals surface area contributed by atoms with Gasteiger partial charge >= 0.3 is 0 Å². The number of hydrogen-bond donors (Lipinski definition) is 0. The van der Waals surface area contributed by atoms with Gasteiger partial charge in [0.15, 0.2) is 0 Å². The fourth-order valence-electron chi connectivity index (χ4n) is 3.25. The molecule has 0 heterocycles. The minimum absolute atomic E-state index is 0.501. The van der Waals surface area contributed by atoms with E-state index in [0.717, 1.165) is 12.2 Å². The first-order valence-corrected chi connectivity index (χ1v) is 7.89. The van der Waals surface area contributed by atoms with Gasteiger partial charge in [-0.25, -0.2) is 0 Å². The molecule has 1 nitrogen and oxygen atoms in total. The van der Waals surface area contributed by atoms with E-state index in [-0.39, 0.29) is 0 Å². The Bertz CT molecular complexity index is 382. The van der Waals surface area contributed by atoms with Gasteiger partial charge in [0, 0.05) is 4.83 Å². The third-order valence-corrected chi connectivity index (χ3v) is 5.85. The Labute approximate surface area is 119 Å². The minimum Gasteiger partial charge on any atom is -0.496 e. The zero-order valence-electron chi connectivity index (χ0n) is 11.4. The molecule has 1 unspecified atom stereocenters. The Morgan fingerprint density at radius 3 is 2.56 bits per heavy atom. The van der Waals surface area contributed by atoms with E-state index in [9.17, 15) is 0 Å². The van der Waals surface area contributed by atoms with Gasteiger partial charge in [-0.15, -0.1) is 0 Å². The molecule has 0 amide bonds. The molecule has 0 radical (unpaired) electrons. The van der Waals surface area contributed by atoms with E-state index in [4.69, 9.17) is 4.74 Å². The normalized spacial score (nSPS) is 19.7. The molecular weight excluding hydrogens is 288 g/mol. The topological polar surface area (TPSA) is 9.23 Å². The van der Waals surface area contributed by atoms with Crippen molar-refractivity contribution < 1.29 is 4.74 Å². The third kappa shape index (κ3) is 2.74. The average molecular weight is 311 g/mol. The van der Waals surface area contributed by atoms with Crippen molar-refractivity contribution in [2.45, 2.75) is 50.3 Å². The van der Waals surface area contributed by atoms with Crippen LogP contribution in [0.3, 0.4) is 0 Å². The molecule has 1 aliphatic rings. The van der Waals surface area contributed by atoms with Gasteiger partial charge in [-0.2, -0.15) is 0 Å². The monoisotopic (exact) mass is 310 g/mol. The quantitative estimate of drug-likeness (QED) is 0.698. The van der Waals surface area contributed by atoms with Gasteiger partial charge in [0.25, 0.3) is 0 Å². The summed E-state index contributed by atoms with van der Waals surface area (Å²) < 4.78 is 5.45. The second kappa shape index (κ2) is 6.10. The molecule has 18 heavy (non-hydrogen) atoms. The van der Waals surface area contributed by atoms with Crippen LogP contribution in [0.25, 0.3) is 0 Å². The van der Waals surface area contributed by atoms with Gasteiger partial charge < -0.3 is 4.74 Å². The van der Waals surface area contributed by atoms with Crippen molar-refractivity contribution in [2.75, 3.05) is 7.11 Å². The summed E-state index contributed by atoms with van der Waals surface area (Å²) in [5.41, 5.74) is 1.82. The first-order chi connectivity index (χ1) is 8.72. The van der Waals surface area contributed by atoms with Gasteiger partial charge in [-0.3, -0.25) is 0 Å². The van der Waals surface area contributed by atoms with E-state index in [1.807, 2.05) is 6.07 Å². The third-order valence-electron chi connectivity index (χ3n) is 4.56. The van der Waals surface area contributed by atoms with E-state index in [1.165, 1.54) is 37.7 Å². The number of benzene rings is 1. The lowest BCUT2D eigenvalue weighted by atomic mass is 9.78. The van der Waals surface area contributed by atoms with Crippen LogP contribution < -0.4 is 4.74 Å². The summed E-state index contributed by atoms with van der Waals surface area (Å²) >= 11 is 3.97. The second-order valence-corrected chi connectivity index (χ2v) is 6.51. The van der Waals surface area contributed by atoms with Gasteiger partial charge in [0.1, 0.15) is 5.75 Å². The van der Waals surface area contributed by atoms with E-state index in [2.05, 4.69) is 41.1 Å². The van der Waals surface area contributed by atoms with Crippen molar-refractivity contribution >= 4 is 15.9 Å². The molecule has 1 saturated carbocycles. The van der Waals surface area contributed by atoms with Crippen LogP contribution in [0.15, 0.2) is 24.3 Å². The van der Waals surface area contributed by atoms with Crippen LogP contribution in [0.5, 0.6) is 5.75 Å². The number of para-hydroxylation sites is 1. The predicted octanol–water partition coefficient (Wildman–Crippen LogP) is 4.97. The molecule has 0 aliphatic heterocycles. The van der Waals surface area contributed by atoms with Crippen LogP contribution in [-0.2, 0) is 6.42 Å². The largest absolute Gasteiger partial charge is 0.496 e. The summed E-state index contributed by atoms with van der Waals surface area (Å²) in [6.07, 6.45) is 7.86. The van der Waals surface area contributed by atoms with Crippen LogP contribution in [0.1, 0.15) is 44.6 Å². The Kier molecular flexibility index (Phi) is 4.71. The van der Waals surface area contributed by atoms with Gasteiger partial charge in [0.05, 0.1) is 7.11 Å². The summed E-state index contributed by atoms with van der Waals surface area (Å²) in [5.74, 6) is 1.02. The Morgan fingerprint density at radius 1 is 1.28 bits per heavy atom. The molecule has 1 aromatic carbocycles. The molecule has 0 saturated heterocycles. The number of alkyl halides is 1. The molecule has 100 valence electrons. The van der Waals surface area contributed by atoms with Crippen LogP contribution in [0.2, 0.25) is 0 Å². The highest BCUT2D eigenvalue weighted by molar-refractivity contribution is 9.09. The fourth-order valence-corrected chi connectivity index (χ4v) is 4.38. The number of methoxy groups -OCH3 is 1. The second-order valence-electron chi connectivity index (χ2n) is 5.41. The highest BCUT2D eigenvalue weighted by atomic mass is 79.9. The molecular formula is C16H23BrO. The molecule has 1 fully saturated rings. The highest BCUT2D eigenvalue weighted by Gasteiger charge is 2.38. The van der Waals surface area contributed by atoms with Crippen LogP contribution in [-0.4, -0.2) is 11.9 Å². The van der Waals surface area contributed by atoms with Gasteiger partial charge in [-0.1, -0.05) is 53.9 Å². The first kappa shape index (κ1) is 13.9. The van der Waals surface area contributed by atoms with Crippen molar-refractivity contribution in [3.8, 4) is 5.75 Å². The van der Waals surface area contributed by atoms with Crippen molar-refractivity contribution in [2.24, 2.45) is 5.41 Å². The molecule has 0 aromatic heterocycles. The summed E-state index contributed by atoms with van der Waals surface area (Å²) in [6.45, 7) is 2.34. The van der Waals surface area contributed by atoms with E-state index in [1.54, 1.807) is 7.11 Å². The smallest absolute Gasteiger partial charge is 0.122 e. The molecule has 0 bridgehead atoms. The fraction of sp³-hybridized carbons (Fsp3) is 0.625. The number of halogens is 1. The maximum atomic E-state index is 5.45. The van der Waals surface area contributed by atoms with Crippen LogP contribution >= 0.6 is 15.9 Å². The SMILES string of the molecule is CCC1(C(Br)Cc2ccccc2OC)CCCC1. The van der Waals surface area contributed by atoms with Crippen molar-refractivity contribution in [1.82, 2.24) is 0 Å². The lowest BCUT2D eigenvalue weighted by Gasteiger charge is -2.33. The minimum atomic E-state index is 0.501. The van der Waals surface area contributed by atoms with Crippen molar-refractivity contribution in [1.29, 1.82) is 0 Å². The molecule has 2 heteroatoms. The molecule has 1 atom stereocenters. The first-order valence-electron chi connectivity index (χ1n) is 6.98. The Balaban J connectivity index is 2.12. The maximum absolute atomic E-state index is 5.45. The van der Waals surface area contributed by atoms with Crippen LogP contribution in [0.4, 0.5) is 0 Å². The Morgan fingerprint density at radius 2 is 1.94 bits per heavy atom. The standard InChI is InChI=1S/C16H23BrO/c1-3-16(10-6-7-11-16)15(17)12-13-8-4-5-9-14(13)18-2/h4-5,8-9,15H,3,6-7,10-12H2,1-2H3. The maximum Gasteiger partial charge on any atom is 0.122 e. The van der Waals surface area contributed by atoms with Gasteiger partial charge in [-0.05, 0) is 42.7 Å². The summed E-state index contributed by atoms with van der Waals surface area (Å²) in [5, 5.41) is 0. The molecule has 1 aromatic rings. The van der Waals surface area contributed by atoms with Crippen LogP contribution in [0, 0.1) is 5.41 Å². The zero-order chi connectivity index (χ0) is 13.0. The van der Waals surface area contributed by atoms with Crippen molar-refractivity contribution in [3.05, 3.63) is 29.8 Å². The molecule has 0 N–H and O–H groups in total. The Hall–Kier alpha value is -0.500. The summed E-state index contributed by atoms with van der Waals surface area (Å²) in [7, 11) is 1.76. The number of ether oxygens (including phenoxy) is 1. The number of hydrogen-bond acceptors (Lipinski definition) is 1. The molecule has 1 aliphatic carbocycles. The summed E-state index contributed by atoms with van der Waals surface area (Å²) in [4.78, 5) is 0.564. The van der Waals surface area contributed by atoms with Gasteiger partial charge in [0.2, 0.25) is 0 Å². The molecule has 0 spiro atoms. The lowest BCUT2D eigenvalue weighted by Crippen LogP contribution is -2.29. The lowest BCUT2D eigenvalue weighted by molar-refractivity contribution is 0.274. The van der Waals surface area contributed by atoms with E-state index in [0.29, 0.717) is 10.2 Å². The predicted molar refractivity (Wildman–Crippen MR) is 80.6 cm³/mol. The van der Waals surface area contributed by atoms with Crippen molar-refractivity contribution in [3.63, 3.8) is 0 Å². The number of rotatable bonds is 5. The van der Waals surface area contributed by atoms with E-state index < -0.39 is 0 Å². The zero-order valence-corrected chi connectivity index (χ0v) is 13.0. The summed E-state index contributed by atoms with van der Waals surface area (Å²) in [6, 6.07) is 8.38. The molecule has 2 rings (SSSR count).